The minimum atomic E-state index is 0.850. The van der Waals surface area contributed by atoms with Crippen LogP contribution in [-0.2, 0) is 0 Å². The fourth-order valence-corrected chi connectivity index (χ4v) is 3.21. The number of H-pyrrole nitrogens is 1. The second-order valence-corrected chi connectivity index (χ2v) is 6.77. The lowest BCUT2D eigenvalue weighted by molar-refractivity contribution is 1.24. The summed E-state index contributed by atoms with van der Waals surface area (Å²) in [6, 6.07) is 26.3. The molecule has 0 atom stereocenters. The van der Waals surface area contributed by atoms with Crippen molar-refractivity contribution < 1.29 is 0 Å². The van der Waals surface area contributed by atoms with Crippen LogP contribution in [0.2, 0.25) is 0 Å². The van der Waals surface area contributed by atoms with Gasteiger partial charge in [0, 0.05) is 38.3 Å². The second kappa shape index (κ2) is 7.50. The van der Waals surface area contributed by atoms with E-state index in [1.54, 1.807) is 6.21 Å². The van der Waals surface area contributed by atoms with Crippen molar-refractivity contribution in [2.24, 2.45) is 10.2 Å². The molecule has 0 aliphatic heterocycles. The summed E-state index contributed by atoms with van der Waals surface area (Å²) in [5.74, 6) is 0. The molecule has 1 aromatic heterocycles. The highest BCUT2D eigenvalue weighted by Crippen LogP contribution is 2.21. The molecule has 26 heavy (non-hydrogen) atoms. The van der Waals surface area contributed by atoms with E-state index in [-0.39, 0.29) is 0 Å². The molecule has 3 aromatic carbocycles. The first kappa shape index (κ1) is 16.5. The van der Waals surface area contributed by atoms with Crippen LogP contribution < -0.4 is 0 Å². The average Bonchev–Trinajstić information content (AvgIpc) is 3.09. The highest BCUT2D eigenvalue weighted by Gasteiger charge is 2.06. The lowest BCUT2D eigenvalue weighted by atomic mass is 10.0. The van der Waals surface area contributed by atoms with Crippen molar-refractivity contribution in [3.63, 3.8) is 0 Å². The van der Waals surface area contributed by atoms with Gasteiger partial charge < -0.3 is 4.98 Å². The molecule has 4 aromatic rings. The Kier molecular flexibility index (Phi) is 4.75. The lowest BCUT2D eigenvalue weighted by Crippen LogP contribution is -2.02. The molecule has 0 saturated carbocycles. The van der Waals surface area contributed by atoms with Gasteiger partial charge in [-0.25, -0.2) is 0 Å². The van der Waals surface area contributed by atoms with E-state index in [2.05, 4.69) is 37.2 Å². The fraction of sp³-hybridized carbons (Fsp3) is 0. The van der Waals surface area contributed by atoms with Gasteiger partial charge in [-0.1, -0.05) is 76.6 Å². The highest BCUT2D eigenvalue weighted by atomic mass is 79.9. The Morgan fingerprint density at radius 1 is 0.846 bits per heavy atom. The number of nitrogens with zero attached hydrogens (tertiary/aromatic N) is 2. The zero-order valence-corrected chi connectivity index (χ0v) is 15.5. The molecular weight excluding hydrogens is 386 g/mol. The van der Waals surface area contributed by atoms with Crippen molar-refractivity contribution in [1.29, 1.82) is 0 Å². The number of aromatic nitrogens is 1. The van der Waals surface area contributed by atoms with Crippen molar-refractivity contribution >= 4 is 38.8 Å². The summed E-state index contributed by atoms with van der Waals surface area (Å²) < 4.78 is 1.04. The van der Waals surface area contributed by atoms with Crippen LogP contribution in [-0.4, -0.2) is 16.9 Å². The van der Waals surface area contributed by atoms with Crippen LogP contribution >= 0.6 is 15.9 Å². The van der Waals surface area contributed by atoms with Crippen LogP contribution in [0.3, 0.4) is 0 Å². The molecule has 0 fully saturated rings. The molecule has 0 radical (unpaired) electrons. The van der Waals surface area contributed by atoms with Gasteiger partial charge in [-0.15, -0.1) is 5.10 Å². The van der Waals surface area contributed by atoms with Crippen LogP contribution in [0.25, 0.3) is 10.9 Å². The molecule has 1 N–H and O–H groups in total. The molecule has 0 bridgehead atoms. The van der Waals surface area contributed by atoms with Crippen LogP contribution in [0.1, 0.15) is 16.7 Å². The fourth-order valence-electron chi connectivity index (χ4n) is 2.84. The predicted octanol–water partition coefficient (Wildman–Crippen LogP) is 5.80. The molecule has 0 aliphatic rings. The molecule has 0 spiro atoms. The Labute approximate surface area is 160 Å². The zero-order chi connectivity index (χ0) is 17.8. The Bertz CT molecular complexity index is 1040. The third-order valence-electron chi connectivity index (χ3n) is 4.12. The molecule has 0 amide bonds. The van der Waals surface area contributed by atoms with Crippen LogP contribution in [0.5, 0.6) is 0 Å². The van der Waals surface area contributed by atoms with E-state index in [0.29, 0.717) is 0 Å². The van der Waals surface area contributed by atoms with Gasteiger partial charge in [0.25, 0.3) is 0 Å². The zero-order valence-electron chi connectivity index (χ0n) is 13.9. The summed E-state index contributed by atoms with van der Waals surface area (Å²) in [6.07, 6.45) is 3.73. The van der Waals surface area contributed by atoms with E-state index < -0.39 is 0 Å². The Balaban J connectivity index is 1.73. The van der Waals surface area contributed by atoms with E-state index in [1.165, 1.54) is 0 Å². The van der Waals surface area contributed by atoms with Crippen LogP contribution in [0.15, 0.2) is 99.7 Å². The van der Waals surface area contributed by atoms with Gasteiger partial charge in [-0.05, 0) is 18.2 Å². The summed E-state index contributed by atoms with van der Waals surface area (Å²) >= 11 is 3.52. The molecule has 4 rings (SSSR count). The molecule has 1 heterocycles. The Hall–Kier alpha value is -2.98. The molecule has 126 valence electrons. The molecule has 0 aliphatic carbocycles. The third-order valence-corrected chi connectivity index (χ3v) is 4.62. The van der Waals surface area contributed by atoms with E-state index in [0.717, 1.165) is 37.8 Å². The maximum Gasteiger partial charge on any atom is 0.100 e. The molecule has 3 nitrogen and oxygen atoms in total. The maximum absolute atomic E-state index is 4.53. The maximum atomic E-state index is 4.53. The van der Waals surface area contributed by atoms with Crippen molar-refractivity contribution in [3.05, 3.63) is 106 Å². The lowest BCUT2D eigenvalue weighted by Gasteiger charge is -2.04. The van der Waals surface area contributed by atoms with Gasteiger partial charge in [0.15, 0.2) is 0 Å². The minimum Gasteiger partial charge on any atom is -0.361 e. The van der Waals surface area contributed by atoms with Gasteiger partial charge in [-0.3, -0.25) is 0 Å². The number of hydrogen-bond donors (Lipinski definition) is 1. The number of rotatable bonds is 4. The number of halogens is 1. The van der Waals surface area contributed by atoms with Crippen LogP contribution in [0.4, 0.5) is 0 Å². The van der Waals surface area contributed by atoms with Gasteiger partial charge in [0.1, 0.15) is 5.71 Å². The minimum absolute atomic E-state index is 0.850. The van der Waals surface area contributed by atoms with Gasteiger partial charge in [-0.2, -0.15) is 5.10 Å². The highest BCUT2D eigenvalue weighted by molar-refractivity contribution is 9.10. The number of hydrogen-bond acceptors (Lipinski definition) is 2. The Morgan fingerprint density at radius 3 is 2.15 bits per heavy atom. The molecule has 0 unspecified atom stereocenters. The van der Waals surface area contributed by atoms with Crippen molar-refractivity contribution in [2.45, 2.75) is 0 Å². The van der Waals surface area contributed by atoms with E-state index in [4.69, 9.17) is 0 Å². The van der Waals surface area contributed by atoms with Crippen molar-refractivity contribution in [2.75, 3.05) is 0 Å². The monoisotopic (exact) mass is 401 g/mol. The molecule has 4 heteroatoms. The normalized spacial score (nSPS) is 11.1. The van der Waals surface area contributed by atoms with Crippen LogP contribution in [0, 0.1) is 0 Å². The van der Waals surface area contributed by atoms with E-state index >= 15 is 0 Å². The smallest absolute Gasteiger partial charge is 0.100 e. The molecular formula is C22H16BrN3. The van der Waals surface area contributed by atoms with Crippen molar-refractivity contribution in [3.8, 4) is 0 Å². The third kappa shape index (κ3) is 3.51. The SMILES string of the molecule is Brc1ccc2[nH]cc(C=NN=C(c3ccccc3)c3ccccc3)c2c1. The Morgan fingerprint density at radius 2 is 1.50 bits per heavy atom. The van der Waals surface area contributed by atoms with E-state index in [1.807, 2.05) is 79.0 Å². The van der Waals surface area contributed by atoms with Gasteiger partial charge in [0.05, 0.1) is 6.21 Å². The summed E-state index contributed by atoms with van der Waals surface area (Å²) in [5.41, 5.74) is 5.01. The summed E-state index contributed by atoms with van der Waals surface area (Å²) in [5, 5.41) is 10.0. The number of aromatic amines is 1. The largest absolute Gasteiger partial charge is 0.361 e. The first-order valence-corrected chi connectivity index (χ1v) is 9.09. The van der Waals surface area contributed by atoms with E-state index in [9.17, 15) is 0 Å². The summed E-state index contributed by atoms with van der Waals surface area (Å²) in [7, 11) is 0. The number of fused-ring (bicyclic) bond motifs is 1. The topological polar surface area (TPSA) is 40.5 Å². The van der Waals surface area contributed by atoms with Crippen molar-refractivity contribution in [1.82, 2.24) is 4.98 Å². The first-order valence-electron chi connectivity index (χ1n) is 8.30. The predicted molar refractivity (Wildman–Crippen MR) is 112 cm³/mol. The number of benzene rings is 3. The second-order valence-electron chi connectivity index (χ2n) is 5.86. The quantitative estimate of drug-likeness (QED) is 0.331. The first-order chi connectivity index (χ1) is 12.8. The average molecular weight is 402 g/mol. The summed E-state index contributed by atoms with van der Waals surface area (Å²) in [4.78, 5) is 3.26. The van der Waals surface area contributed by atoms with Gasteiger partial charge >= 0.3 is 0 Å². The molecule has 0 saturated heterocycles. The standard InChI is InChI=1S/C22H16BrN3/c23-19-11-12-21-20(13-19)18(14-24-21)15-25-26-22(16-7-3-1-4-8-16)17-9-5-2-6-10-17/h1-15,24H. The number of nitrogens with one attached hydrogen (secondary N) is 1. The summed E-state index contributed by atoms with van der Waals surface area (Å²) in [6.45, 7) is 0. The van der Waals surface area contributed by atoms with Gasteiger partial charge in [0.2, 0.25) is 0 Å².